The molecule has 1 fully saturated rings. The lowest BCUT2D eigenvalue weighted by Gasteiger charge is -2.30. The number of benzene rings is 1. The van der Waals surface area contributed by atoms with Gasteiger partial charge >= 0.3 is 6.18 Å². The lowest BCUT2D eigenvalue weighted by atomic mass is 10.1. The first-order chi connectivity index (χ1) is 17.2. The smallest absolute Gasteiger partial charge is 0.408 e. The zero-order valence-corrected chi connectivity index (χ0v) is 22.4. The van der Waals surface area contributed by atoms with Gasteiger partial charge in [-0.15, -0.1) is 35.0 Å². The number of halogens is 5. The van der Waals surface area contributed by atoms with Crippen molar-refractivity contribution >= 4 is 41.4 Å². The highest BCUT2D eigenvalue weighted by molar-refractivity contribution is 5.86. The van der Waals surface area contributed by atoms with E-state index in [4.69, 9.17) is 20.2 Å². The Labute approximate surface area is 230 Å². The molecular formula is C25H29Cl2F3N6O2. The summed E-state index contributed by atoms with van der Waals surface area (Å²) in [6.45, 7) is 2.72. The molecule has 4 heterocycles. The Hall–Kier alpha value is -2.70. The summed E-state index contributed by atoms with van der Waals surface area (Å²) >= 11 is 0. The molecule has 0 amide bonds. The van der Waals surface area contributed by atoms with Crippen LogP contribution in [0.1, 0.15) is 24.9 Å². The van der Waals surface area contributed by atoms with Crippen LogP contribution in [0.25, 0.3) is 28.1 Å². The molecule has 3 aromatic heterocycles. The predicted molar refractivity (Wildman–Crippen MR) is 143 cm³/mol. The average molecular weight is 573 g/mol. The summed E-state index contributed by atoms with van der Waals surface area (Å²) < 4.78 is 55.2. The van der Waals surface area contributed by atoms with Crippen LogP contribution in [0.15, 0.2) is 48.7 Å². The second kappa shape index (κ2) is 12.0. The predicted octanol–water partition coefficient (Wildman–Crippen LogP) is 4.84. The number of hydrogen-bond acceptors (Lipinski definition) is 7. The number of ether oxygens (including phenoxy) is 2. The van der Waals surface area contributed by atoms with Crippen molar-refractivity contribution in [2.75, 3.05) is 26.8 Å². The largest absolute Gasteiger partial charge is 0.489 e. The minimum absolute atomic E-state index is 0. The second-order valence-electron chi connectivity index (χ2n) is 9.08. The molecule has 0 bridgehead atoms. The monoisotopic (exact) mass is 572 g/mol. The Morgan fingerprint density at radius 2 is 1.89 bits per heavy atom. The summed E-state index contributed by atoms with van der Waals surface area (Å²) in [4.78, 5) is 6.13. The zero-order chi connectivity index (χ0) is 25.4. The Kier molecular flexibility index (Phi) is 9.43. The molecule has 2 N–H and O–H groups in total. The van der Waals surface area contributed by atoms with Gasteiger partial charge in [0, 0.05) is 37.8 Å². The quantitative estimate of drug-likeness (QED) is 0.339. The van der Waals surface area contributed by atoms with E-state index < -0.39 is 12.2 Å². The molecule has 206 valence electrons. The van der Waals surface area contributed by atoms with E-state index in [0.717, 1.165) is 5.39 Å². The number of methoxy groups -OCH3 is 1. The molecule has 0 unspecified atom stereocenters. The minimum Gasteiger partial charge on any atom is -0.489 e. The number of fused-ring (bicyclic) bond motifs is 2. The van der Waals surface area contributed by atoms with Gasteiger partial charge in [0.05, 0.1) is 6.10 Å². The number of likely N-dealkylation sites (tertiary alicyclic amines) is 1. The lowest BCUT2D eigenvalue weighted by molar-refractivity contribution is -0.183. The number of pyridine rings is 2. The van der Waals surface area contributed by atoms with Crippen LogP contribution in [-0.4, -0.2) is 69.6 Å². The topological polar surface area (TPSA) is 90.8 Å². The summed E-state index contributed by atoms with van der Waals surface area (Å²) in [6.07, 6.45) is -2.59. The van der Waals surface area contributed by atoms with E-state index in [2.05, 4.69) is 10.2 Å². The van der Waals surface area contributed by atoms with Gasteiger partial charge in [-0.25, -0.2) is 4.98 Å². The molecule has 0 spiro atoms. The maximum atomic E-state index is 14.1. The van der Waals surface area contributed by atoms with Gasteiger partial charge in [-0.3, -0.25) is 9.30 Å². The number of rotatable bonds is 7. The van der Waals surface area contributed by atoms with E-state index in [9.17, 15) is 13.2 Å². The normalized spacial score (nSPS) is 17.7. The molecular weight excluding hydrogens is 544 g/mol. The molecule has 0 radical (unpaired) electrons. The Balaban J connectivity index is 0.00000200. The van der Waals surface area contributed by atoms with E-state index in [-0.39, 0.29) is 55.6 Å². The highest BCUT2D eigenvalue weighted by Crippen LogP contribution is 2.39. The summed E-state index contributed by atoms with van der Waals surface area (Å²) in [7, 11) is 1.61. The van der Waals surface area contributed by atoms with Crippen LogP contribution in [0.3, 0.4) is 0 Å². The van der Waals surface area contributed by atoms with Gasteiger partial charge in [0.15, 0.2) is 11.5 Å². The van der Waals surface area contributed by atoms with Gasteiger partial charge in [0.1, 0.15) is 29.6 Å². The fourth-order valence-corrected chi connectivity index (χ4v) is 4.54. The van der Waals surface area contributed by atoms with Crippen LogP contribution >= 0.6 is 24.8 Å². The van der Waals surface area contributed by atoms with Crippen LogP contribution in [0, 0.1) is 0 Å². The second-order valence-corrected chi connectivity index (χ2v) is 9.08. The number of nitrogens with two attached hydrogens (primary N) is 1. The first kappa shape index (κ1) is 29.9. The highest BCUT2D eigenvalue weighted by Gasteiger charge is 2.46. The van der Waals surface area contributed by atoms with Crippen LogP contribution in [0.2, 0.25) is 0 Å². The fourth-order valence-electron chi connectivity index (χ4n) is 4.54. The maximum Gasteiger partial charge on any atom is 0.408 e. The van der Waals surface area contributed by atoms with Gasteiger partial charge in [-0.2, -0.15) is 13.2 Å². The molecule has 1 saturated heterocycles. The standard InChI is InChI=1S/C25H27F3N6O2.2ClH/c1-15(35-2)14-36-20-5-3-4-16-6-8-19(30-22(16)20)24-32-31-21-9-7-17(12-34(21)24)23(25(26,27)28)33-11-10-18(29)13-33;;/h3-9,12,15,18,23H,10-11,13-14,29H2,1-2H3;2*1H/t15-,18-,23+;;/m0../s1. The zero-order valence-electron chi connectivity index (χ0n) is 20.8. The first-order valence-electron chi connectivity index (χ1n) is 11.7. The lowest BCUT2D eigenvalue weighted by Crippen LogP contribution is -2.38. The molecule has 1 aliphatic heterocycles. The SMILES string of the molecule is CO[C@@H](C)COc1cccc2ccc(-c3nnc4ccc([C@@H](N5CC[C@H](N)C5)C(F)(F)F)cn34)nc12.Cl.Cl. The van der Waals surface area contributed by atoms with Gasteiger partial charge < -0.3 is 15.2 Å². The van der Waals surface area contributed by atoms with Gasteiger partial charge in [0.2, 0.25) is 0 Å². The van der Waals surface area contributed by atoms with Crippen molar-refractivity contribution in [3.63, 3.8) is 0 Å². The molecule has 38 heavy (non-hydrogen) atoms. The third kappa shape index (κ3) is 5.97. The summed E-state index contributed by atoms with van der Waals surface area (Å²) in [5, 5.41) is 9.25. The molecule has 5 rings (SSSR count). The van der Waals surface area contributed by atoms with Gasteiger partial charge in [0.25, 0.3) is 0 Å². The van der Waals surface area contributed by atoms with Crippen molar-refractivity contribution in [2.45, 2.75) is 37.7 Å². The molecule has 8 nitrogen and oxygen atoms in total. The number of alkyl halides is 3. The van der Waals surface area contributed by atoms with E-state index in [1.807, 2.05) is 31.2 Å². The molecule has 1 aliphatic rings. The minimum atomic E-state index is -4.46. The van der Waals surface area contributed by atoms with Crippen molar-refractivity contribution in [2.24, 2.45) is 5.73 Å². The Morgan fingerprint density at radius 3 is 2.58 bits per heavy atom. The molecule has 3 atom stereocenters. The van der Waals surface area contributed by atoms with Crippen molar-refractivity contribution in [3.05, 3.63) is 54.2 Å². The summed E-state index contributed by atoms with van der Waals surface area (Å²) in [5.74, 6) is 0.920. The molecule has 4 aromatic rings. The number of aromatic nitrogens is 4. The average Bonchev–Trinajstić information content (AvgIpc) is 3.47. The molecule has 0 aliphatic carbocycles. The fraction of sp³-hybridized carbons (Fsp3) is 0.400. The Bertz CT molecular complexity index is 1390. The Morgan fingerprint density at radius 1 is 1.11 bits per heavy atom. The number of para-hydroxylation sites is 1. The van der Waals surface area contributed by atoms with Crippen LogP contribution in [0.5, 0.6) is 5.75 Å². The third-order valence-corrected chi connectivity index (χ3v) is 6.46. The molecule has 1 aromatic carbocycles. The third-order valence-electron chi connectivity index (χ3n) is 6.46. The van der Waals surface area contributed by atoms with E-state index in [1.165, 1.54) is 17.2 Å². The number of nitrogens with zero attached hydrogens (tertiary/aromatic N) is 5. The molecule has 0 saturated carbocycles. The van der Waals surface area contributed by atoms with Gasteiger partial charge in [-0.1, -0.05) is 24.3 Å². The number of hydrogen-bond donors (Lipinski definition) is 1. The van der Waals surface area contributed by atoms with Crippen molar-refractivity contribution in [1.82, 2.24) is 24.5 Å². The molecule has 13 heteroatoms. The van der Waals surface area contributed by atoms with Crippen LogP contribution < -0.4 is 10.5 Å². The van der Waals surface area contributed by atoms with E-state index >= 15 is 0 Å². The van der Waals surface area contributed by atoms with Gasteiger partial charge in [-0.05, 0) is 37.1 Å². The van der Waals surface area contributed by atoms with E-state index in [1.54, 1.807) is 23.6 Å². The summed E-state index contributed by atoms with van der Waals surface area (Å²) in [5.41, 5.74) is 7.51. The maximum absolute atomic E-state index is 14.1. The van der Waals surface area contributed by atoms with Crippen molar-refractivity contribution in [3.8, 4) is 17.3 Å². The van der Waals surface area contributed by atoms with Crippen LogP contribution in [-0.2, 0) is 4.74 Å². The highest BCUT2D eigenvalue weighted by atomic mass is 35.5. The van der Waals surface area contributed by atoms with Crippen molar-refractivity contribution in [1.29, 1.82) is 0 Å². The van der Waals surface area contributed by atoms with E-state index in [0.29, 0.717) is 41.5 Å². The first-order valence-corrected chi connectivity index (χ1v) is 11.7. The summed E-state index contributed by atoms with van der Waals surface area (Å²) in [6, 6.07) is 10.2. The van der Waals surface area contributed by atoms with Crippen LogP contribution in [0.4, 0.5) is 13.2 Å². The van der Waals surface area contributed by atoms with Crippen molar-refractivity contribution < 1.29 is 22.6 Å².